The highest BCUT2D eigenvalue weighted by molar-refractivity contribution is 5.88. The summed E-state index contributed by atoms with van der Waals surface area (Å²) in [7, 11) is 0. The molecular weight excluding hydrogens is 210 g/mol. The van der Waals surface area contributed by atoms with Crippen LogP contribution in [0, 0.1) is 6.92 Å². The summed E-state index contributed by atoms with van der Waals surface area (Å²) in [6, 6.07) is 1.70. The van der Waals surface area contributed by atoms with Gasteiger partial charge in [-0.2, -0.15) is 0 Å². The van der Waals surface area contributed by atoms with Crippen LogP contribution >= 0.6 is 0 Å². The highest BCUT2D eigenvalue weighted by Gasteiger charge is 2.18. The standard InChI is InChI=1S/C10H11N3O3/c1-3-6-8(10(15)16)9(14)13-7(11-6)4-5(2)12-13/h4,12H,3H2,1-2H3,(H,15,16). The van der Waals surface area contributed by atoms with Crippen LogP contribution in [-0.2, 0) is 6.42 Å². The number of carbonyl (C=O) groups is 1. The fraction of sp³-hybridized carbons (Fsp3) is 0.300. The summed E-state index contributed by atoms with van der Waals surface area (Å²) in [4.78, 5) is 27.0. The molecule has 2 N–H and O–H groups in total. The van der Waals surface area contributed by atoms with E-state index in [4.69, 9.17) is 5.11 Å². The number of nitrogens with one attached hydrogen (secondary N) is 1. The molecule has 0 fully saturated rings. The molecule has 0 atom stereocenters. The number of carboxylic acids is 1. The summed E-state index contributed by atoms with van der Waals surface area (Å²) < 4.78 is 1.15. The number of H-pyrrole nitrogens is 1. The zero-order valence-corrected chi connectivity index (χ0v) is 8.94. The Labute approximate surface area is 90.5 Å². The van der Waals surface area contributed by atoms with Crippen molar-refractivity contribution in [3.63, 3.8) is 0 Å². The third kappa shape index (κ3) is 1.39. The van der Waals surface area contributed by atoms with Crippen LogP contribution in [0.25, 0.3) is 5.65 Å². The number of hydrogen-bond acceptors (Lipinski definition) is 3. The molecule has 0 spiro atoms. The number of hydrogen-bond donors (Lipinski definition) is 2. The van der Waals surface area contributed by atoms with Crippen molar-refractivity contribution in [3.8, 4) is 0 Å². The van der Waals surface area contributed by atoms with Gasteiger partial charge < -0.3 is 5.11 Å². The summed E-state index contributed by atoms with van der Waals surface area (Å²) in [6.45, 7) is 3.55. The van der Waals surface area contributed by atoms with Crippen LogP contribution < -0.4 is 5.56 Å². The third-order valence-electron chi connectivity index (χ3n) is 2.37. The van der Waals surface area contributed by atoms with Crippen molar-refractivity contribution >= 4 is 11.6 Å². The molecule has 84 valence electrons. The van der Waals surface area contributed by atoms with Crippen LogP contribution in [0.4, 0.5) is 0 Å². The number of aromatic carboxylic acids is 1. The van der Waals surface area contributed by atoms with Gasteiger partial charge in [-0.25, -0.2) is 14.3 Å². The first-order chi connectivity index (χ1) is 7.54. The van der Waals surface area contributed by atoms with E-state index in [-0.39, 0.29) is 5.56 Å². The smallest absolute Gasteiger partial charge is 0.343 e. The summed E-state index contributed by atoms with van der Waals surface area (Å²) in [5, 5.41) is 11.7. The Bertz CT molecular complexity index is 624. The normalized spacial score (nSPS) is 10.9. The van der Waals surface area contributed by atoms with E-state index < -0.39 is 11.5 Å². The molecule has 0 aromatic carbocycles. The minimum atomic E-state index is -1.24. The van der Waals surface area contributed by atoms with E-state index in [1.165, 1.54) is 0 Å². The molecule has 0 saturated carbocycles. The van der Waals surface area contributed by atoms with E-state index in [0.29, 0.717) is 17.8 Å². The van der Waals surface area contributed by atoms with E-state index in [1.54, 1.807) is 19.9 Å². The number of aryl methyl sites for hydroxylation is 2. The minimum absolute atomic E-state index is 0.262. The van der Waals surface area contributed by atoms with Gasteiger partial charge in [0.1, 0.15) is 5.56 Å². The predicted molar refractivity (Wildman–Crippen MR) is 56.9 cm³/mol. The van der Waals surface area contributed by atoms with Crippen LogP contribution in [0.2, 0.25) is 0 Å². The Balaban J connectivity index is 2.92. The van der Waals surface area contributed by atoms with Crippen LogP contribution in [0.3, 0.4) is 0 Å². The third-order valence-corrected chi connectivity index (χ3v) is 2.37. The van der Waals surface area contributed by atoms with Crippen LogP contribution in [-0.4, -0.2) is 25.7 Å². The van der Waals surface area contributed by atoms with Crippen molar-refractivity contribution in [3.05, 3.63) is 33.4 Å². The van der Waals surface area contributed by atoms with Crippen molar-refractivity contribution in [1.29, 1.82) is 0 Å². The van der Waals surface area contributed by atoms with Gasteiger partial charge in [0.15, 0.2) is 5.65 Å². The number of aromatic nitrogens is 3. The molecule has 2 rings (SSSR count). The van der Waals surface area contributed by atoms with Crippen molar-refractivity contribution in [2.75, 3.05) is 0 Å². The average Bonchev–Trinajstić information content (AvgIpc) is 2.58. The highest BCUT2D eigenvalue weighted by atomic mass is 16.4. The second-order valence-electron chi connectivity index (χ2n) is 3.53. The number of carboxylic acid groups (broad SMARTS) is 1. The lowest BCUT2D eigenvalue weighted by Gasteiger charge is -2.02. The van der Waals surface area contributed by atoms with Crippen molar-refractivity contribution < 1.29 is 9.90 Å². The quantitative estimate of drug-likeness (QED) is 0.777. The van der Waals surface area contributed by atoms with E-state index >= 15 is 0 Å². The van der Waals surface area contributed by atoms with Gasteiger partial charge in [-0.15, -0.1) is 0 Å². The lowest BCUT2D eigenvalue weighted by molar-refractivity contribution is 0.0693. The van der Waals surface area contributed by atoms with Gasteiger partial charge >= 0.3 is 5.97 Å². The van der Waals surface area contributed by atoms with Gasteiger partial charge in [-0.05, 0) is 13.3 Å². The first kappa shape index (κ1) is 10.4. The zero-order chi connectivity index (χ0) is 11.9. The topological polar surface area (TPSA) is 87.5 Å². The molecular formula is C10H11N3O3. The van der Waals surface area contributed by atoms with Crippen LogP contribution in [0.5, 0.6) is 0 Å². The lowest BCUT2D eigenvalue weighted by Crippen LogP contribution is -2.26. The molecule has 0 aliphatic carbocycles. The maximum absolute atomic E-state index is 11.9. The second kappa shape index (κ2) is 3.48. The van der Waals surface area contributed by atoms with E-state index in [2.05, 4.69) is 10.1 Å². The van der Waals surface area contributed by atoms with Gasteiger partial charge in [-0.1, -0.05) is 6.92 Å². The molecule has 0 aliphatic rings. The molecule has 0 bridgehead atoms. The molecule has 6 heteroatoms. The van der Waals surface area contributed by atoms with E-state index in [0.717, 1.165) is 10.2 Å². The van der Waals surface area contributed by atoms with Crippen molar-refractivity contribution in [1.82, 2.24) is 14.6 Å². The van der Waals surface area contributed by atoms with Crippen LogP contribution in [0.1, 0.15) is 28.7 Å². The molecule has 0 unspecified atom stereocenters. The Hall–Kier alpha value is -2.11. The molecule has 0 amide bonds. The number of nitrogens with zero attached hydrogens (tertiary/aromatic N) is 2. The summed E-state index contributed by atoms with van der Waals surface area (Å²) in [5.74, 6) is -1.24. The monoisotopic (exact) mass is 221 g/mol. The van der Waals surface area contributed by atoms with E-state index in [1.807, 2.05) is 0 Å². The zero-order valence-electron chi connectivity index (χ0n) is 8.94. The first-order valence-corrected chi connectivity index (χ1v) is 4.89. The molecule has 0 aliphatic heterocycles. The number of aromatic amines is 1. The number of rotatable bonds is 2. The second-order valence-corrected chi connectivity index (χ2v) is 3.53. The molecule has 16 heavy (non-hydrogen) atoms. The highest BCUT2D eigenvalue weighted by Crippen LogP contribution is 2.06. The number of fused-ring (bicyclic) bond motifs is 1. The first-order valence-electron chi connectivity index (χ1n) is 4.89. The summed E-state index contributed by atoms with van der Waals surface area (Å²) in [5.41, 5.74) is 0.694. The SMILES string of the molecule is CCc1nc2cc(C)[nH]n2c(=O)c1C(=O)O. The van der Waals surface area contributed by atoms with Gasteiger partial charge in [0.2, 0.25) is 0 Å². The molecule has 0 radical (unpaired) electrons. The predicted octanol–water partition coefficient (Wildman–Crippen LogP) is 0.592. The Kier molecular flexibility index (Phi) is 2.26. The maximum Gasteiger partial charge on any atom is 0.343 e. The molecule has 2 aromatic rings. The fourth-order valence-corrected chi connectivity index (χ4v) is 1.66. The maximum atomic E-state index is 11.9. The van der Waals surface area contributed by atoms with Crippen molar-refractivity contribution in [2.24, 2.45) is 0 Å². The fourth-order valence-electron chi connectivity index (χ4n) is 1.66. The summed E-state index contributed by atoms with van der Waals surface area (Å²) in [6.07, 6.45) is 0.414. The van der Waals surface area contributed by atoms with Gasteiger partial charge in [0.05, 0.1) is 5.69 Å². The van der Waals surface area contributed by atoms with Gasteiger partial charge in [-0.3, -0.25) is 9.89 Å². The summed E-state index contributed by atoms with van der Waals surface area (Å²) >= 11 is 0. The molecule has 0 saturated heterocycles. The Morgan fingerprint density at radius 3 is 2.88 bits per heavy atom. The van der Waals surface area contributed by atoms with Gasteiger partial charge in [0.25, 0.3) is 5.56 Å². The molecule has 2 aromatic heterocycles. The van der Waals surface area contributed by atoms with E-state index in [9.17, 15) is 9.59 Å². The average molecular weight is 221 g/mol. The largest absolute Gasteiger partial charge is 0.477 e. The Morgan fingerprint density at radius 2 is 2.31 bits per heavy atom. The van der Waals surface area contributed by atoms with Crippen LogP contribution in [0.15, 0.2) is 10.9 Å². The minimum Gasteiger partial charge on any atom is -0.477 e. The lowest BCUT2D eigenvalue weighted by atomic mass is 10.2. The Morgan fingerprint density at radius 1 is 1.62 bits per heavy atom. The van der Waals surface area contributed by atoms with Gasteiger partial charge in [0, 0.05) is 11.8 Å². The molecule has 2 heterocycles. The van der Waals surface area contributed by atoms with Crippen molar-refractivity contribution in [2.45, 2.75) is 20.3 Å². The molecule has 6 nitrogen and oxygen atoms in total.